The number of nitrogens with zero attached hydrogens (tertiary/aromatic N) is 1. The molecule has 1 aliphatic heterocycles. The molecule has 0 saturated carbocycles. The Kier molecular flexibility index (Phi) is 14.1. The third kappa shape index (κ3) is 10.9. The van der Waals surface area contributed by atoms with Crippen LogP contribution in [0.1, 0.15) is 61.8 Å². The Bertz CT molecular complexity index is 2690. The van der Waals surface area contributed by atoms with E-state index in [0.29, 0.717) is 55.4 Å². The van der Waals surface area contributed by atoms with Crippen molar-refractivity contribution >= 4 is 34.1 Å². The number of methoxy groups -OCH3 is 1. The molecule has 1 unspecified atom stereocenters. The first-order valence-corrected chi connectivity index (χ1v) is 22.3. The Morgan fingerprint density at radius 3 is 2.32 bits per heavy atom. The van der Waals surface area contributed by atoms with Gasteiger partial charge in [-0.2, -0.15) is 0 Å². The molecule has 4 N–H and O–H groups in total. The van der Waals surface area contributed by atoms with Crippen molar-refractivity contribution in [3.05, 3.63) is 187 Å². The Morgan fingerprint density at radius 1 is 0.825 bits per heavy atom. The van der Waals surface area contributed by atoms with Gasteiger partial charge in [0, 0.05) is 40.5 Å². The van der Waals surface area contributed by atoms with Crippen molar-refractivity contribution in [2.24, 2.45) is 5.92 Å². The number of aromatic hydroxyl groups is 1. The second kappa shape index (κ2) is 20.6. The lowest BCUT2D eigenvalue weighted by Crippen LogP contribution is -2.35. The molecule has 10 nitrogen and oxygen atoms in total. The summed E-state index contributed by atoms with van der Waals surface area (Å²) in [4.78, 5) is 45.0. The minimum atomic E-state index is -0.525. The first kappa shape index (κ1) is 43.1. The lowest BCUT2D eigenvalue weighted by Gasteiger charge is -2.32. The molecule has 3 heterocycles. The molecule has 0 bridgehead atoms. The van der Waals surface area contributed by atoms with Crippen molar-refractivity contribution in [3.8, 4) is 22.6 Å². The normalized spacial score (nSPS) is 13.7. The Hall–Kier alpha value is -6.53. The van der Waals surface area contributed by atoms with Crippen molar-refractivity contribution in [1.82, 2.24) is 20.5 Å². The van der Waals surface area contributed by atoms with E-state index in [2.05, 4.69) is 56.2 Å². The van der Waals surface area contributed by atoms with Crippen LogP contribution < -0.4 is 20.9 Å². The molecule has 2 aromatic heterocycles. The summed E-state index contributed by atoms with van der Waals surface area (Å²) in [5, 5.41) is 19.6. The molecule has 322 valence electrons. The van der Waals surface area contributed by atoms with E-state index in [1.807, 2.05) is 72.8 Å². The third-order valence-electron chi connectivity index (χ3n) is 11.8. The maximum Gasteiger partial charge on any atom is 0.317 e. The van der Waals surface area contributed by atoms with Gasteiger partial charge in [0.1, 0.15) is 17.4 Å². The van der Waals surface area contributed by atoms with Gasteiger partial charge >= 0.3 is 5.97 Å². The number of carbonyl (C=O) groups is 2. The number of hydrogen-bond donors (Lipinski definition) is 4. The SMILES string of the molecule is COc1cc(C(=O)NCc2cc(-c3ccc(C(C(=O)OCC4CCN(Cc5ccccc5)CC4)c4ccccc4)cc3)cs2)ccc1CNCCc1ccc(O)c2[nH]c(=O)ccc12. The predicted octanol–water partition coefficient (Wildman–Crippen LogP) is 8.82. The molecule has 5 aromatic carbocycles. The second-order valence-electron chi connectivity index (χ2n) is 16.1. The van der Waals surface area contributed by atoms with E-state index in [4.69, 9.17) is 9.47 Å². The average molecular weight is 861 g/mol. The van der Waals surface area contributed by atoms with Gasteiger partial charge in [0.25, 0.3) is 5.91 Å². The highest BCUT2D eigenvalue weighted by Crippen LogP contribution is 2.32. The molecule has 1 saturated heterocycles. The smallest absolute Gasteiger partial charge is 0.317 e. The number of ether oxygens (including phenoxy) is 2. The third-order valence-corrected chi connectivity index (χ3v) is 12.8. The fraction of sp³-hybridized carbons (Fsp3) is 0.250. The Balaban J connectivity index is 0.828. The van der Waals surface area contributed by atoms with Crippen molar-refractivity contribution in [1.29, 1.82) is 0 Å². The zero-order valence-electron chi connectivity index (χ0n) is 35.3. The molecule has 11 heteroatoms. The van der Waals surface area contributed by atoms with E-state index < -0.39 is 5.92 Å². The number of nitrogens with one attached hydrogen (secondary N) is 3. The number of likely N-dealkylation sites (tertiary alicyclic amines) is 1. The van der Waals surface area contributed by atoms with Crippen molar-refractivity contribution in [3.63, 3.8) is 0 Å². The minimum absolute atomic E-state index is 0.0433. The van der Waals surface area contributed by atoms with Gasteiger partial charge in [-0.3, -0.25) is 19.3 Å². The Morgan fingerprint density at radius 2 is 1.56 bits per heavy atom. The molecule has 63 heavy (non-hydrogen) atoms. The molecule has 0 radical (unpaired) electrons. The quantitative estimate of drug-likeness (QED) is 0.0528. The van der Waals surface area contributed by atoms with Crippen LogP contribution in [0.25, 0.3) is 22.0 Å². The number of phenolic OH excluding ortho intramolecular Hbond substituents is 1. The van der Waals surface area contributed by atoms with E-state index in [-0.39, 0.29) is 23.2 Å². The number of amides is 1. The number of hydrogen-bond acceptors (Lipinski definition) is 9. The summed E-state index contributed by atoms with van der Waals surface area (Å²) in [6, 6.07) is 42.7. The van der Waals surface area contributed by atoms with Gasteiger partial charge in [-0.05, 0) is 114 Å². The van der Waals surface area contributed by atoms with Gasteiger partial charge in [0.05, 0.1) is 25.8 Å². The summed E-state index contributed by atoms with van der Waals surface area (Å²) < 4.78 is 11.7. The summed E-state index contributed by atoms with van der Waals surface area (Å²) in [6.45, 7) is 4.93. The van der Waals surface area contributed by atoms with Gasteiger partial charge in [-0.25, -0.2) is 0 Å². The van der Waals surface area contributed by atoms with E-state index in [1.54, 1.807) is 42.7 Å². The highest BCUT2D eigenvalue weighted by Gasteiger charge is 2.27. The molecule has 7 aromatic rings. The predicted molar refractivity (Wildman–Crippen MR) is 249 cm³/mol. The highest BCUT2D eigenvalue weighted by molar-refractivity contribution is 7.10. The van der Waals surface area contributed by atoms with Crippen LogP contribution in [-0.4, -0.2) is 60.2 Å². The highest BCUT2D eigenvalue weighted by atomic mass is 32.1. The van der Waals surface area contributed by atoms with Crippen LogP contribution in [0.4, 0.5) is 0 Å². The van der Waals surface area contributed by atoms with Crippen LogP contribution in [0.3, 0.4) is 0 Å². The largest absolute Gasteiger partial charge is 0.506 e. The summed E-state index contributed by atoms with van der Waals surface area (Å²) >= 11 is 1.58. The van der Waals surface area contributed by atoms with Crippen molar-refractivity contribution < 1.29 is 24.2 Å². The fourth-order valence-corrected chi connectivity index (χ4v) is 9.13. The van der Waals surface area contributed by atoms with Crippen molar-refractivity contribution in [2.45, 2.75) is 44.8 Å². The summed E-state index contributed by atoms with van der Waals surface area (Å²) in [6.07, 6.45) is 2.70. The van der Waals surface area contributed by atoms with Crippen molar-refractivity contribution in [2.75, 3.05) is 33.4 Å². The van der Waals surface area contributed by atoms with Crippen LogP contribution in [0.15, 0.2) is 144 Å². The number of benzene rings is 5. The molecule has 1 fully saturated rings. The molecule has 0 aliphatic carbocycles. The lowest BCUT2D eigenvalue weighted by atomic mass is 9.90. The number of aromatic amines is 1. The number of aromatic nitrogens is 1. The number of piperidine rings is 1. The number of thiophene rings is 1. The van der Waals surface area contributed by atoms with Gasteiger partial charge in [0.15, 0.2) is 0 Å². The van der Waals surface area contributed by atoms with Crippen LogP contribution in [-0.2, 0) is 35.6 Å². The van der Waals surface area contributed by atoms with E-state index in [1.165, 1.54) is 11.6 Å². The molecule has 1 amide bonds. The van der Waals surface area contributed by atoms with Crippen LogP contribution in [0.2, 0.25) is 0 Å². The molecule has 1 atom stereocenters. The monoisotopic (exact) mass is 860 g/mol. The van der Waals surface area contributed by atoms with Crippen LogP contribution >= 0.6 is 11.3 Å². The van der Waals surface area contributed by atoms with Crippen LogP contribution in [0.5, 0.6) is 11.5 Å². The van der Waals surface area contributed by atoms with E-state index >= 15 is 0 Å². The summed E-state index contributed by atoms with van der Waals surface area (Å²) in [5.41, 5.74) is 7.78. The molecule has 0 spiro atoms. The van der Waals surface area contributed by atoms with Gasteiger partial charge in [-0.1, -0.05) is 97.1 Å². The van der Waals surface area contributed by atoms with Crippen LogP contribution in [0, 0.1) is 5.92 Å². The molecular formula is C52H52N4O6S. The molecular weight excluding hydrogens is 809 g/mol. The maximum absolute atomic E-state index is 13.8. The van der Waals surface area contributed by atoms with E-state index in [9.17, 15) is 19.5 Å². The fourth-order valence-electron chi connectivity index (χ4n) is 8.30. The number of pyridine rings is 1. The maximum atomic E-state index is 13.8. The summed E-state index contributed by atoms with van der Waals surface area (Å²) in [7, 11) is 1.59. The zero-order chi connectivity index (χ0) is 43.5. The lowest BCUT2D eigenvalue weighted by molar-refractivity contribution is -0.146. The molecule has 1 aliphatic rings. The molecule has 8 rings (SSSR count). The standard InChI is InChI=1S/C52H52N4O6S/c1-61-47-29-41(16-17-42(47)30-53-25-22-38-18-20-46(57)50-45(38)19-21-48(58)55-50)51(59)54-31-44-28-43(34-63-44)37-12-14-40(15-13-37)49(39-10-6-3-7-11-39)52(60)62-33-36-23-26-56(27-24-36)32-35-8-4-2-5-9-35/h2-21,28-29,34,36,49,53,57H,22-27,30-33H2,1H3,(H,54,59)(H,55,58). The first-order chi connectivity index (χ1) is 30.8. The zero-order valence-corrected chi connectivity index (χ0v) is 36.2. The van der Waals surface area contributed by atoms with E-state index in [0.717, 1.165) is 76.1 Å². The topological polar surface area (TPSA) is 133 Å². The number of carbonyl (C=O) groups excluding carboxylic acids is 2. The Labute approximate surface area is 371 Å². The minimum Gasteiger partial charge on any atom is -0.506 e. The van der Waals surface area contributed by atoms with Gasteiger partial charge in [-0.15, -0.1) is 11.3 Å². The number of phenols is 1. The number of H-pyrrole nitrogens is 1. The number of esters is 1. The van der Waals surface area contributed by atoms with Gasteiger partial charge < -0.3 is 30.2 Å². The average Bonchev–Trinajstić information content (AvgIpc) is 3.80. The first-order valence-electron chi connectivity index (χ1n) is 21.5. The number of rotatable bonds is 17. The second-order valence-corrected chi connectivity index (χ2v) is 17.1. The number of fused-ring (bicyclic) bond motifs is 1. The summed E-state index contributed by atoms with van der Waals surface area (Å²) in [5.74, 6) is 0.0575. The van der Waals surface area contributed by atoms with Gasteiger partial charge in [0.2, 0.25) is 5.56 Å².